The second-order valence-electron chi connectivity index (χ2n) is 5.11. The summed E-state index contributed by atoms with van der Waals surface area (Å²) < 4.78 is 10.9. The SMILES string of the molecule is COc1ccccc1NC(=O)CCCOc1ccc(Cl)cc1C. The summed E-state index contributed by atoms with van der Waals surface area (Å²) in [5.74, 6) is 1.37. The summed E-state index contributed by atoms with van der Waals surface area (Å²) in [5, 5.41) is 3.53. The van der Waals surface area contributed by atoms with Gasteiger partial charge in [0.2, 0.25) is 5.91 Å². The van der Waals surface area contributed by atoms with E-state index in [0.29, 0.717) is 35.9 Å². The Bertz CT molecular complexity index is 673. The van der Waals surface area contributed by atoms with Crippen LogP contribution in [0.5, 0.6) is 11.5 Å². The molecule has 0 bridgehead atoms. The van der Waals surface area contributed by atoms with E-state index in [1.165, 1.54) is 0 Å². The van der Waals surface area contributed by atoms with Crippen LogP contribution in [0.2, 0.25) is 5.02 Å². The van der Waals surface area contributed by atoms with Gasteiger partial charge in [-0.05, 0) is 49.2 Å². The molecular weight excluding hydrogens is 314 g/mol. The van der Waals surface area contributed by atoms with Gasteiger partial charge in [0, 0.05) is 11.4 Å². The lowest BCUT2D eigenvalue weighted by molar-refractivity contribution is -0.116. The van der Waals surface area contributed by atoms with Crippen LogP contribution < -0.4 is 14.8 Å². The van der Waals surface area contributed by atoms with Crippen molar-refractivity contribution in [3.8, 4) is 11.5 Å². The highest BCUT2D eigenvalue weighted by atomic mass is 35.5. The Hall–Kier alpha value is -2.20. The normalized spacial score (nSPS) is 10.2. The van der Waals surface area contributed by atoms with E-state index in [2.05, 4.69) is 5.32 Å². The van der Waals surface area contributed by atoms with E-state index in [-0.39, 0.29) is 5.91 Å². The van der Waals surface area contributed by atoms with Gasteiger partial charge in [0.1, 0.15) is 11.5 Å². The lowest BCUT2D eigenvalue weighted by Gasteiger charge is -2.11. The Labute approximate surface area is 141 Å². The van der Waals surface area contributed by atoms with Crippen molar-refractivity contribution >= 4 is 23.2 Å². The van der Waals surface area contributed by atoms with E-state index in [1.54, 1.807) is 13.2 Å². The number of methoxy groups -OCH3 is 1. The highest BCUT2D eigenvalue weighted by molar-refractivity contribution is 6.30. The Kier molecular flexibility index (Phi) is 6.29. The number of ether oxygens (including phenoxy) is 2. The first-order valence-electron chi connectivity index (χ1n) is 7.42. The first kappa shape index (κ1) is 17.2. The first-order chi connectivity index (χ1) is 11.1. The molecule has 0 aromatic heterocycles. The monoisotopic (exact) mass is 333 g/mol. The predicted octanol–water partition coefficient (Wildman–Crippen LogP) is 4.45. The molecule has 2 aromatic carbocycles. The van der Waals surface area contributed by atoms with Crippen LogP contribution in [-0.4, -0.2) is 19.6 Å². The third kappa shape index (κ3) is 5.18. The minimum atomic E-state index is -0.0640. The molecule has 0 radical (unpaired) electrons. The molecule has 5 heteroatoms. The van der Waals surface area contributed by atoms with Gasteiger partial charge in [-0.15, -0.1) is 0 Å². The highest BCUT2D eigenvalue weighted by Gasteiger charge is 2.07. The average molecular weight is 334 g/mol. The van der Waals surface area contributed by atoms with Gasteiger partial charge in [-0.25, -0.2) is 0 Å². The summed E-state index contributed by atoms with van der Waals surface area (Å²) in [6, 6.07) is 12.8. The number of rotatable bonds is 7. The van der Waals surface area contributed by atoms with Crippen LogP contribution in [0.3, 0.4) is 0 Å². The van der Waals surface area contributed by atoms with Crippen molar-refractivity contribution in [1.82, 2.24) is 0 Å². The van der Waals surface area contributed by atoms with Crippen LogP contribution >= 0.6 is 11.6 Å². The Morgan fingerprint density at radius 1 is 1.17 bits per heavy atom. The summed E-state index contributed by atoms with van der Waals surface area (Å²) in [5.41, 5.74) is 1.66. The molecule has 2 rings (SSSR count). The zero-order valence-corrected chi connectivity index (χ0v) is 14.0. The van der Waals surface area contributed by atoms with Gasteiger partial charge >= 0.3 is 0 Å². The van der Waals surface area contributed by atoms with Crippen molar-refractivity contribution in [1.29, 1.82) is 0 Å². The Morgan fingerprint density at radius 2 is 1.96 bits per heavy atom. The molecule has 0 aliphatic rings. The molecule has 0 heterocycles. The van der Waals surface area contributed by atoms with E-state index in [0.717, 1.165) is 11.3 Å². The minimum Gasteiger partial charge on any atom is -0.495 e. The van der Waals surface area contributed by atoms with Gasteiger partial charge in [-0.3, -0.25) is 4.79 Å². The number of halogens is 1. The fraction of sp³-hybridized carbons (Fsp3) is 0.278. The second-order valence-corrected chi connectivity index (χ2v) is 5.55. The van der Waals surface area contributed by atoms with Crippen molar-refractivity contribution in [2.75, 3.05) is 19.0 Å². The zero-order valence-electron chi connectivity index (χ0n) is 13.3. The van der Waals surface area contributed by atoms with E-state index < -0.39 is 0 Å². The van der Waals surface area contributed by atoms with E-state index in [4.69, 9.17) is 21.1 Å². The number of para-hydroxylation sites is 2. The van der Waals surface area contributed by atoms with E-state index >= 15 is 0 Å². The van der Waals surface area contributed by atoms with Gasteiger partial charge in [-0.2, -0.15) is 0 Å². The smallest absolute Gasteiger partial charge is 0.224 e. The fourth-order valence-corrected chi connectivity index (χ4v) is 2.38. The molecule has 4 nitrogen and oxygen atoms in total. The highest BCUT2D eigenvalue weighted by Crippen LogP contribution is 2.24. The number of anilines is 1. The summed E-state index contributed by atoms with van der Waals surface area (Å²) in [4.78, 5) is 12.0. The molecule has 0 aliphatic carbocycles. The predicted molar refractivity (Wildman–Crippen MR) is 92.5 cm³/mol. The van der Waals surface area contributed by atoms with Gasteiger partial charge in [0.25, 0.3) is 0 Å². The van der Waals surface area contributed by atoms with Crippen molar-refractivity contribution in [3.63, 3.8) is 0 Å². The molecular formula is C18H20ClNO3. The van der Waals surface area contributed by atoms with Gasteiger partial charge < -0.3 is 14.8 Å². The molecule has 0 saturated carbocycles. The molecule has 0 fully saturated rings. The third-order valence-corrected chi connectivity index (χ3v) is 3.56. The van der Waals surface area contributed by atoms with Crippen LogP contribution in [0, 0.1) is 6.92 Å². The van der Waals surface area contributed by atoms with Crippen LogP contribution in [0.25, 0.3) is 0 Å². The summed E-state index contributed by atoms with van der Waals surface area (Å²) >= 11 is 5.90. The molecule has 0 unspecified atom stereocenters. The standard InChI is InChI=1S/C18H20ClNO3/c1-13-12-14(19)9-10-16(13)23-11-5-8-18(21)20-15-6-3-4-7-17(15)22-2/h3-4,6-7,9-10,12H,5,8,11H2,1-2H3,(H,20,21). The van der Waals surface area contributed by atoms with E-state index in [1.807, 2.05) is 43.3 Å². The number of carbonyl (C=O) groups excluding carboxylic acids is 1. The zero-order chi connectivity index (χ0) is 16.7. The lowest BCUT2D eigenvalue weighted by atomic mass is 10.2. The van der Waals surface area contributed by atoms with Gasteiger partial charge in [-0.1, -0.05) is 23.7 Å². The molecule has 2 aromatic rings. The topological polar surface area (TPSA) is 47.6 Å². The molecule has 0 spiro atoms. The average Bonchev–Trinajstić information content (AvgIpc) is 2.53. The number of carbonyl (C=O) groups is 1. The largest absolute Gasteiger partial charge is 0.495 e. The van der Waals surface area contributed by atoms with Crippen LogP contribution in [-0.2, 0) is 4.79 Å². The number of hydrogen-bond acceptors (Lipinski definition) is 3. The van der Waals surface area contributed by atoms with E-state index in [9.17, 15) is 4.79 Å². The second kappa shape index (κ2) is 8.44. The van der Waals surface area contributed by atoms with Crippen molar-refractivity contribution in [2.45, 2.75) is 19.8 Å². The molecule has 0 aliphatic heterocycles. The summed E-state index contributed by atoms with van der Waals surface area (Å²) in [6.07, 6.45) is 1.01. The van der Waals surface area contributed by atoms with Gasteiger partial charge in [0.05, 0.1) is 19.4 Å². The maximum absolute atomic E-state index is 12.0. The molecule has 122 valence electrons. The van der Waals surface area contributed by atoms with Crippen LogP contribution in [0.1, 0.15) is 18.4 Å². The third-order valence-electron chi connectivity index (χ3n) is 3.32. The van der Waals surface area contributed by atoms with Crippen molar-refractivity contribution < 1.29 is 14.3 Å². The minimum absolute atomic E-state index is 0.0640. The number of hydrogen-bond donors (Lipinski definition) is 1. The summed E-state index contributed by atoms with van der Waals surface area (Å²) in [7, 11) is 1.58. The van der Waals surface area contributed by atoms with Crippen LogP contribution in [0.15, 0.2) is 42.5 Å². The maximum atomic E-state index is 12.0. The van der Waals surface area contributed by atoms with Crippen LogP contribution in [0.4, 0.5) is 5.69 Å². The number of aryl methyl sites for hydroxylation is 1. The molecule has 23 heavy (non-hydrogen) atoms. The Morgan fingerprint density at radius 3 is 2.70 bits per heavy atom. The number of nitrogens with one attached hydrogen (secondary N) is 1. The molecule has 1 amide bonds. The van der Waals surface area contributed by atoms with Gasteiger partial charge in [0.15, 0.2) is 0 Å². The number of amides is 1. The number of benzene rings is 2. The molecule has 1 N–H and O–H groups in total. The Balaban J connectivity index is 1.76. The molecule has 0 atom stereocenters. The molecule has 0 saturated heterocycles. The fourth-order valence-electron chi connectivity index (χ4n) is 2.15. The van der Waals surface area contributed by atoms with Crippen molar-refractivity contribution in [3.05, 3.63) is 53.1 Å². The van der Waals surface area contributed by atoms with Crippen molar-refractivity contribution in [2.24, 2.45) is 0 Å². The quantitative estimate of drug-likeness (QED) is 0.761. The lowest BCUT2D eigenvalue weighted by Crippen LogP contribution is -2.13. The first-order valence-corrected chi connectivity index (χ1v) is 7.80. The summed E-state index contributed by atoms with van der Waals surface area (Å²) in [6.45, 7) is 2.41. The maximum Gasteiger partial charge on any atom is 0.224 e.